The molecule has 0 saturated carbocycles. The summed E-state index contributed by atoms with van der Waals surface area (Å²) in [4.78, 5) is 15.1. The number of benzene rings is 2. The minimum atomic E-state index is -0.581. The van der Waals surface area contributed by atoms with Crippen LogP contribution in [-0.2, 0) is 9.47 Å². The molecule has 0 fully saturated rings. The van der Waals surface area contributed by atoms with Crippen LogP contribution >= 0.6 is 12.2 Å². The van der Waals surface area contributed by atoms with Gasteiger partial charge < -0.3 is 19.5 Å². The molecule has 2 aromatic rings. The molecule has 150 valence electrons. The number of hydrogen-bond donors (Lipinski definition) is 1. The number of aryl methyl sites for hydroxylation is 1. The van der Waals surface area contributed by atoms with Crippen LogP contribution < -0.4 is 15.0 Å². The summed E-state index contributed by atoms with van der Waals surface area (Å²) in [5.41, 5.74) is 2.50. The molecule has 0 saturated heterocycles. The van der Waals surface area contributed by atoms with Gasteiger partial charge in [-0.3, -0.25) is 4.90 Å². The summed E-state index contributed by atoms with van der Waals surface area (Å²) in [5.74, 6) is 0.415. The number of thiocarbonyl (C=S) groups is 1. The Labute approximate surface area is 171 Å². The Hall–Kier alpha value is -2.48. The zero-order valence-electron chi connectivity index (χ0n) is 16.6. The Morgan fingerprint density at radius 3 is 2.50 bits per heavy atom. The van der Waals surface area contributed by atoms with Crippen LogP contribution in [0.4, 0.5) is 16.2 Å². The van der Waals surface area contributed by atoms with Gasteiger partial charge in [0, 0.05) is 31.7 Å². The first kappa shape index (κ1) is 21.8. The van der Waals surface area contributed by atoms with Crippen LogP contribution in [0.25, 0.3) is 0 Å². The third-order valence-corrected chi connectivity index (χ3v) is 4.43. The van der Waals surface area contributed by atoms with Crippen LogP contribution in [0.3, 0.4) is 0 Å². The maximum absolute atomic E-state index is 12.9. The SMILES string of the molecule is CCC(=S)Nc1cccc(OC(=O)N(CC(OC)OC)c2cccc(C)c2)c1. The number of methoxy groups -OCH3 is 2. The average Bonchev–Trinajstić information content (AvgIpc) is 2.69. The summed E-state index contributed by atoms with van der Waals surface area (Å²) in [6.07, 6.45) is -0.376. The van der Waals surface area contributed by atoms with Gasteiger partial charge in [-0.15, -0.1) is 0 Å². The zero-order chi connectivity index (χ0) is 20.5. The van der Waals surface area contributed by atoms with Crippen molar-refractivity contribution in [3.63, 3.8) is 0 Å². The standard InChI is InChI=1S/C21H26N2O4S/c1-5-19(28)22-16-9-7-11-18(13-16)27-21(24)23(14-20(25-3)26-4)17-10-6-8-15(2)12-17/h6-13,20H,5,14H2,1-4H3,(H,22,28). The predicted molar refractivity (Wildman–Crippen MR) is 115 cm³/mol. The number of nitrogens with zero attached hydrogens (tertiary/aromatic N) is 1. The number of hydrogen-bond acceptors (Lipinski definition) is 5. The van der Waals surface area contributed by atoms with E-state index in [-0.39, 0.29) is 6.54 Å². The van der Waals surface area contributed by atoms with Gasteiger partial charge in [0.2, 0.25) is 0 Å². The van der Waals surface area contributed by atoms with Gasteiger partial charge in [-0.1, -0.05) is 37.3 Å². The number of nitrogens with one attached hydrogen (secondary N) is 1. The summed E-state index contributed by atoms with van der Waals surface area (Å²) >= 11 is 5.21. The van der Waals surface area contributed by atoms with Crippen molar-refractivity contribution in [3.8, 4) is 5.75 Å². The molecule has 7 heteroatoms. The highest BCUT2D eigenvalue weighted by atomic mass is 32.1. The van der Waals surface area contributed by atoms with E-state index in [4.69, 9.17) is 26.4 Å². The second kappa shape index (κ2) is 10.8. The highest BCUT2D eigenvalue weighted by Crippen LogP contribution is 2.22. The molecule has 1 amide bonds. The first-order chi connectivity index (χ1) is 13.5. The van der Waals surface area contributed by atoms with Crippen LogP contribution in [0.1, 0.15) is 18.9 Å². The van der Waals surface area contributed by atoms with Gasteiger partial charge in [-0.2, -0.15) is 0 Å². The van der Waals surface area contributed by atoms with Crippen LogP contribution in [0, 0.1) is 6.92 Å². The van der Waals surface area contributed by atoms with Crippen LogP contribution in [-0.4, -0.2) is 38.1 Å². The van der Waals surface area contributed by atoms with Crippen molar-refractivity contribution in [1.82, 2.24) is 0 Å². The molecule has 1 N–H and O–H groups in total. The van der Waals surface area contributed by atoms with E-state index in [2.05, 4.69) is 5.32 Å². The molecule has 28 heavy (non-hydrogen) atoms. The Balaban J connectivity index is 2.22. The largest absolute Gasteiger partial charge is 0.419 e. The minimum Gasteiger partial charge on any atom is -0.410 e. The molecule has 2 rings (SSSR count). The molecule has 0 aliphatic heterocycles. The van der Waals surface area contributed by atoms with Crippen molar-refractivity contribution in [3.05, 3.63) is 54.1 Å². The van der Waals surface area contributed by atoms with Gasteiger partial charge in [0.05, 0.1) is 11.5 Å². The molecule has 0 aliphatic rings. The minimum absolute atomic E-state index is 0.188. The Morgan fingerprint density at radius 2 is 1.86 bits per heavy atom. The summed E-state index contributed by atoms with van der Waals surface area (Å²) in [6, 6.07) is 14.7. The van der Waals surface area contributed by atoms with Crippen LogP contribution in [0.5, 0.6) is 5.75 Å². The Kier molecular flexibility index (Phi) is 8.38. The normalized spacial score (nSPS) is 10.6. The third kappa shape index (κ3) is 6.30. The fraction of sp³-hybridized carbons (Fsp3) is 0.333. The van der Waals surface area contributed by atoms with E-state index in [1.165, 1.54) is 19.1 Å². The van der Waals surface area contributed by atoms with Crippen molar-refractivity contribution >= 4 is 34.7 Å². The first-order valence-electron chi connectivity index (χ1n) is 8.98. The van der Waals surface area contributed by atoms with Gasteiger partial charge in [0.1, 0.15) is 5.75 Å². The lowest BCUT2D eigenvalue weighted by atomic mass is 10.2. The van der Waals surface area contributed by atoms with Crippen molar-refractivity contribution < 1.29 is 19.0 Å². The fourth-order valence-electron chi connectivity index (χ4n) is 2.52. The third-order valence-electron chi connectivity index (χ3n) is 4.04. The summed E-state index contributed by atoms with van der Waals surface area (Å²) in [7, 11) is 3.05. The number of ether oxygens (including phenoxy) is 3. The molecule has 0 spiro atoms. The lowest BCUT2D eigenvalue weighted by molar-refractivity contribution is -0.0943. The van der Waals surface area contributed by atoms with Crippen LogP contribution in [0.15, 0.2) is 48.5 Å². The van der Waals surface area contributed by atoms with Crippen molar-refractivity contribution in [2.75, 3.05) is 31.0 Å². The van der Waals surface area contributed by atoms with Crippen molar-refractivity contribution in [1.29, 1.82) is 0 Å². The van der Waals surface area contributed by atoms with Crippen LogP contribution in [0.2, 0.25) is 0 Å². The van der Waals surface area contributed by atoms with E-state index < -0.39 is 12.4 Å². The molecule has 0 unspecified atom stereocenters. The zero-order valence-corrected chi connectivity index (χ0v) is 17.4. The lowest BCUT2D eigenvalue weighted by Gasteiger charge is -2.26. The van der Waals surface area contributed by atoms with E-state index in [0.717, 1.165) is 17.7 Å². The Bertz CT molecular complexity index is 808. The number of carbonyl (C=O) groups excluding carboxylic acids is 1. The van der Waals surface area contributed by atoms with E-state index >= 15 is 0 Å². The number of carbonyl (C=O) groups is 1. The number of amides is 1. The second-order valence-electron chi connectivity index (χ2n) is 6.15. The molecule has 0 aliphatic carbocycles. The fourth-order valence-corrected chi connectivity index (χ4v) is 2.64. The van der Waals surface area contributed by atoms with Gasteiger partial charge in [0.25, 0.3) is 0 Å². The van der Waals surface area contributed by atoms with E-state index in [0.29, 0.717) is 16.4 Å². The molecule has 0 heterocycles. The van der Waals surface area contributed by atoms with Crippen molar-refractivity contribution in [2.45, 2.75) is 26.6 Å². The Morgan fingerprint density at radius 1 is 1.14 bits per heavy atom. The predicted octanol–water partition coefficient (Wildman–Crippen LogP) is 4.77. The smallest absolute Gasteiger partial charge is 0.410 e. The monoisotopic (exact) mass is 402 g/mol. The molecule has 0 atom stereocenters. The average molecular weight is 403 g/mol. The van der Waals surface area contributed by atoms with Gasteiger partial charge in [-0.25, -0.2) is 4.79 Å². The van der Waals surface area contributed by atoms with E-state index in [1.807, 2.05) is 44.2 Å². The molecule has 0 bridgehead atoms. The maximum Gasteiger partial charge on any atom is 0.419 e. The topological polar surface area (TPSA) is 60.0 Å². The van der Waals surface area contributed by atoms with E-state index in [9.17, 15) is 4.79 Å². The van der Waals surface area contributed by atoms with E-state index in [1.54, 1.807) is 18.2 Å². The highest BCUT2D eigenvalue weighted by molar-refractivity contribution is 7.80. The first-order valence-corrected chi connectivity index (χ1v) is 9.39. The molecular formula is C21H26N2O4S. The summed E-state index contributed by atoms with van der Waals surface area (Å²) in [5, 5.41) is 3.11. The molecular weight excluding hydrogens is 376 g/mol. The molecule has 0 radical (unpaired) electrons. The van der Waals surface area contributed by atoms with Gasteiger partial charge in [0.15, 0.2) is 6.29 Å². The highest BCUT2D eigenvalue weighted by Gasteiger charge is 2.22. The quantitative estimate of drug-likeness (QED) is 0.507. The molecule has 2 aromatic carbocycles. The second-order valence-corrected chi connectivity index (χ2v) is 6.64. The summed E-state index contributed by atoms with van der Waals surface area (Å²) < 4.78 is 16.1. The molecule has 0 aromatic heterocycles. The summed E-state index contributed by atoms with van der Waals surface area (Å²) in [6.45, 7) is 4.12. The lowest BCUT2D eigenvalue weighted by Crippen LogP contribution is -2.40. The number of rotatable bonds is 8. The van der Waals surface area contributed by atoms with Gasteiger partial charge >= 0.3 is 6.09 Å². The maximum atomic E-state index is 12.9. The van der Waals surface area contributed by atoms with Gasteiger partial charge in [-0.05, 0) is 43.2 Å². The number of anilines is 2. The van der Waals surface area contributed by atoms with Crippen molar-refractivity contribution in [2.24, 2.45) is 0 Å². The molecule has 6 nitrogen and oxygen atoms in total.